The van der Waals surface area contributed by atoms with Gasteiger partial charge < -0.3 is 9.80 Å². The van der Waals surface area contributed by atoms with Crippen molar-refractivity contribution in [1.29, 1.82) is 0 Å². The van der Waals surface area contributed by atoms with E-state index in [4.69, 9.17) is 0 Å². The van der Waals surface area contributed by atoms with Gasteiger partial charge >= 0.3 is 0 Å². The Labute approximate surface area is 316 Å². The second-order valence-electron chi connectivity index (χ2n) is 16.1. The van der Waals surface area contributed by atoms with Gasteiger partial charge in [0, 0.05) is 19.0 Å². The topological polar surface area (TPSA) is 23.6 Å². The van der Waals surface area contributed by atoms with Crippen LogP contribution in [0.15, 0.2) is 24.3 Å². The van der Waals surface area contributed by atoms with Gasteiger partial charge in [-0.1, -0.05) is 161 Å². The SMILES string of the molecule is CCCCC/C=C\CCCC(CCC/C=C\CCCCC)CN(C(=O)CCCCN(C)C)C(CCCCCCC)CCCCCCCCCC. The average Bonchev–Trinajstić information content (AvgIpc) is 3.11. The number of hydrogen-bond acceptors (Lipinski definition) is 2. The predicted octanol–water partition coefficient (Wildman–Crippen LogP) is 15.0. The van der Waals surface area contributed by atoms with Gasteiger partial charge in [0.1, 0.15) is 0 Å². The molecular weight excluding hydrogens is 609 g/mol. The first-order valence-corrected chi connectivity index (χ1v) is 22.7. The van der Waals surface area contributed by atoms with Crippen LogP contribution in [0.1, 0.15) is 233 Å². The quantitative estimate of drug-likeness (QED) is 0.0471. The summed E-state index contributed by atoms with van der Waals surface area (Å²) in [5.74, 6) is 1.07. The van der Waals surface area contributed by atoms with Gasteiger partial charge in [-0.05, 0) is 116 Å². The van der Waals surface area contributed by atoms with E-state index in [1.54, 1.807) is 0 Å². The molecule has 1 atom stereocenters. The van der Waals surface area contributed by atoms with Crippen molar-refractivity contribution in [2.75, 3.05) is 27.2 Å². The van der Waals surface area contributed by atoms with Crippen LogP contribution in [0.3, 0.4) is 0 Å². The smallest absolute Gasteiger partial charge is 0.222 e. The molecular formula is C47H92N2O. The second kappa shape index (κ2) is 39.1. The summed E-state index contributed by atoms with van der Waals surface area (Å²) in [6.45, 7) is 11.3. The van der Waals surface area contributed by atoms with Crippen LogP contribution >= 0.6 is 0 Å². The molecule has 0 fully saturated rings. The van der Waals surface area contributed by atoms with Crippen LogP contribution in [0.2, 0.25) is 0 Å². The fourth-order valence-corrected chi connectivity index (χ4v) is 7.41. The summed E-state index contributed by atoms with van der Waals surface area (Å²) in [7, 11) is 4.30. The molecule has 0 bridgehead atoms. The van der Waals surface area contributed by atoms with Gasteiger partial charge in [0.2, 0.25) is 5.91 Å². The highest BCUT2D eigenvalue weighted by atomic mass is 16.2. The molecule has 3 nitrogen and oxygen atoms in total. The van der Waals surface area contributed by atoms with Gasteiger partial charge in [-0.2, -0.15) is 0 Å². The summed E-state index contributed by atoms with van der Waals surface area (Å²) in [5.41, 5.74) is 0. The van der Waals surface area contributed by atoms with E-state index in [0.29, 0.717) is 17.9 Å². The van der Waals surface area contributed by atoms with Crippen molar-refractivity contribution in [3.8, 4) is 0 Å². The molecule has 1 unspecified atom stereocenters. The number of hydrogen-bond donors (Lipinski definition) is 0. The molecule has 0 radical (unpaired) electrons. The Balaban J connectivity index is 5.72. The van der Waals surface area contributed by atoms with Crippen LogP contribution in [-0.4, -0.2) is 48.9 Å². The first-order valence-electron chi connectivity index (χ1n) is 22.7. The number of rotatable bonds is 39. The van der Waals surface area contributed by atoms with E-state index in [1.165, 1.54) is 186 Å². The molecule has 0 heterocycles. The maximum absolute atomic E-state index is 14.2. The molecule has 0 rings (SSSR count). The molecule has 0 aliphatic carbocycles. The molecule has 0 N–H and O–H groups in total. The fourth-order valence-electron chi connectivity index (χ4n) is 7.41. The minimum Gasteiger partial charge on any atom is -0.339 e. The number of unbranched alkanes of at least 4 members (excludes halogenated alkanes) is 20. The van der Waals surface area contributed by atoms with Crippen molar-refractivity contribution in [2.24, 2.45) is 5.92 Å². The van der Waals surface area contributed by atoms with Gasteiger partial charge in [0.05, 0.1) is 0 Å². The van der Waals surface area contributed by atoms with E-state index in [9.17, 15) is 4.79 Å². The van der Waals surface area contributed by atoms with Crippen LogP contribution in [0.25, 0.3) is 0 Å². The van der Waals surface area contributed by atoms with E-state index < -0.39 is 0 Å². The minimum absolute atomic E-state index is 0.428. The summed E-state index contributed by atoms with van der Waals surface area (Å²) in [5, 5.41) is 0. The van der Waals surface area contributed by atoms with E-state index in [2.05, 4.69) is 75.9 Å². The summed E-state index contributed by atoms with van der Waals surface area (Å²) < 4.78 is 0. The van der Waals surface area contributed by atoms with Crippen LogP contribution in [0.4, 0.5) is 0 Å². The molecule has 3 heteroatoms. The summed E-state index contributed by atoms with van der Waals surface area (Å²) in [6.07, 6.45) is 50.3. The maximum atomic E-state index is 14.2. The highest BCUT2D eigenvalue weighted by molar-refractivity contribution is 5.76. The molecule has 0 aliphatic heterocycles. The van der Waals surface area contributed by atoms with Crippen molar-refractivity contribution in [3.63, 3.8) is 0 Å². The first-order chi connectivity index (χ1) is 24.5. The van der Waals surface area contributed by atoms with E-state index in [-0.39, 0.29) is 0 Å². The molecule has 50 heavy (non-hydrogen) atoms. The lowest BCUT2D eigenvalue weighted by Gasteiger charge is -2.36. The monoisotopic (exact) mass is 701 g/mol. The predicted molar refractivity (Wildman–Crippen MR) is 226 cm³/mol. The highest BCUT2D eigenvalue weighted by Gasteiger charge is 2.26. The Morgan fingerprint density at radius 1 is 0.460 bits per heavy atom. The number of amides is 1. The lowest BCUT2D eigenvalue weighted by Crippen LogP contribution is -2.43. The lowest BCUT2D eigenvalue weighted by atomic mass is 9.92. The summed E-state index contributed by atoms with van der Waals surface area (Å²) >= 11 is 0. The Bertz CT molecular complexity index is 717. The number of allylic oxidation sites excluding steroid dienone is 4. The zero-order chi connectivity index (χ0) is 36.8. The van der Waals surface area contributed by atoms with Crippen LogP contribution in [0.5, 0.6) is 0 Å². The van der Waals surface area contributed by atoms with E-state index in [0.717, 1.165) is 32.4 Å². The van der Waals surface area contributed by atoms with Gasteiger partial charge in [0.25, 0.3) is 0 Å². The molecule has 0 aromatic rings. The third-order valence-electron chi connectivity index (χ3n) is 10.7. The number of carbonyl (C=O) groups is 1. The first kappa shape index (κ1) is 48.9. The molecule has 0 spiro atoms. The Kier molecular flexibility index (Phi) is 38.3. The molecule has 0 saturated carbocycles. The number of nitrogens with zero attached hydrogens (tertiary/aromatic N) is 2. The van der Waals surface area contributed by atoms with Crippen molar-refractivity contribution in [3.05, 3.63) is 24.3 Å². The Morgan fingerprint density at radius 2 is 0.860 bits per heavy atom. The zero-order valence-electron chi connectivity index (χ0n) is 35.3. The fraction of sp³-hybridized carbons (Fsp3) is 0.894. The lowest BCUT2D eigenvalue weighted by molar-refractivity contribution is -0.135. The molecule has 0 aromatic carbocycles. The maximum Gasteiger partial charge on any atom is 0.222 e. The van der Waals surface area contributed by atoms with Crippen LogP contribution in [0, 0.1) is 5.92 Å². The van der Waals surface area contributed by atoms with E-state index in [1.807, 2.05) is 0 Å². The second-order valence-corrected chi connectivity index (χ2v) is 16.1. The van der Waals surface area contributed by atoms with Crippen molar-refractivity contribution in [2.45, 2.75) is 239 Å². The highest BCUT2D eigenvalue weighted by Crippen LogP contribution is 2.26. The molecule has 0 aromatic heterocycles. The molecule has 296 valence electrons. The molecule has 0 aliphatic rings. The normalized spacial score (nSPS) is 12.7. The average molecular weight is 701 g/mol. The van der Waals surface area contributed by atoms with E-state index >= 15 is 0 Å². The van der Waals surface area contributed by atoms with Crippen molar-refractivity contribution in [1.82, 2.24) is 9.80 Å². The number of carbonyl (C=O) groups excluding carboxylic acids is 1. The minimum atomic E-state index is 0.428. The van der Waals surface area contributed by atoms with Gasteiger partial charge in [-0.25, -0.2) is 0 Å². The van der Waals surface area contributed by atoms with Crippen molar-refractivity contribution < 1.29 is 4.79 Å². The zero-order valence-corrected chi connectivity index (χ0v) is 35.3. The summed E-state index contributed by atoms with van der Waals surface area (Å²) in [4.78, 5) is 19.0. The molecule has 0 saturated heterocycles. The third kappa shape index (κ3) is 32.8. The van der Waals surface area contributed by atoms with Crippen LogP contribution in [-0.2, 0) is 4.79 Å². The molecule has 1 amide bonds. The van der Waals surface area contributed by atoms with Crippen molar-refractivity contribution >= 4 is 5.91 Å². The van der Waals surface area contributed by atoms with Gasteiger partial charge in [-0.3, -0.25) is 4.79 Å². The third-order valence-corrected chi connectivity index (χ3v) is 10.7. The summed E-state index contributed by atoms with van der Waals surface area (Å²) in [6, 6.07) is 0.428. The Morgan fingerprint density at radius 3 is 1.30 bits per heavy atom. The van der Waals surface area contributed by atoms with Gasteiger partial charge in [-0.15, -0.1) is 0 Å². The largest absolute Gasteiger partial charge is 0.339 e. The Hall–Kier alpha value is -1.09. The van der Waals surface area contributed by atoms with Crippen LogP contribution < -0.4 is 0 Å². The van der Waals surface area contributed by atoms with Gasteiger partial charge in [0.15, 0.2) is 0 Å². The standard InChI is InChI=1S/C47H92N2O/c1-7-11-15-19-22-25-29-32-38-45(39-33-30-26-23-20-16-12-8-2)44-49(47(50)42-36-37-43-48(5)6)46(40-34-28-18-14-10-4)41-35-31-27-24-21-17-13-9-3/h22-23,25-26,45-46H,7-21,24,27-44H2,1-6H3/b25-22-,26-23-.